The molecule has 9 nitrogen and oxygen atoms in total. The maximum atomic E-state index is 10.8. The van der Waals surface area contributed by atoms with Crippen molar-refractivity contribution in [2.75, 3.05) is 0 Å². The van der Waals surface area contributed by atoms with Gasteiger partial charge in [0.2, 0.25) is 0 Å². The van der Waals surface area contributed by atoms with Gasteiger partial charge in [-0.15, -0.1) is 0 Å². The Balaban J connectivity index is 2.25. The van der Waals surface area contributed by atoms with Gasteiger partial charge in [0, 0.05) is 12.1 Å². The van der Waals surface area contributed by atoms with E-state index in [0.29, 0.717) is 5.82 Å². The maximum Gasteiger partial charge on any atom is 0.335 e. The average molecular weight is 279 g/mol. The first-order valence-corrected chi connectivity index (χ1v) is 5.41. The van der Waals surface area contributed by atoms with Crippen molar-refractivity contribution in [1.82, 2.24) is 10.1 Å². The summed E-state index contributed by atoms with van der Waals surface area (Å²) in [6, 6.07) is 3.27. The average Bonchev–Trinajstić information content (AvgIpc) is 2.81. The van der Waals surface area contributed by atoms with Crippen molar-refractivity contribution in [2.45, 2.75) is 13.5 Å². The van der Waals surface area contributed by atoms with Crippen LogP contribution in [0.1, 0.15) is 22.1 Å². The lowest BCUT2D eigenvalue weighted by Crippen LogP contribution is -2.02. The lowest BCUT2D eigenvalue weighted by molar-refractivity contribution is -0.386. The van der Waals surface area contributed by atoms with E-state index >= 15 is 0 Å². The minimum absolute atomic E-state index is 0.118. The van der Waals surface area contributed by atoms with Crippen LogP contribution in [-0.2, 0) is 6.61 Å². The molecule has 2 rings (SSSR count). The third-order valence-corrected chi connectivity index (χ3v) is 2.32. The van der Waals surface area contributed by atoms with Crippen molar-refractivity contribution in [3.05, 3.63) is 45.6 Å². The number of hydrogen-bond donors (Lipinski definition) is 1. The van der Waals surface area contributed by atoms with Crippen LogP contribution >= 0.6 is 0 Å². The molecule has 1 N–H and O–H groups in total. The minimum Gasteiger partial charge on any atom is -0.478 e. The highest BCUT2D eigenvalue weighted by molar-refractivity contribution is 5.88. The van der Waals surface area contributed by atoms with Gasteiger partial charge in [-0.25, -0.2) is 4.79 Å². The molecule has 0 spiro atoms. The SMILES string of the molecule is Cc1noc(COc2cc(C(=O)O)ccc2[N+](=O)[O-])n1. The van der Waals surface area contributed by atoms with Crippen LogP contribution in [0.15, 0.2) is 22.7 Å². The number of carboxylic acids is 1. The van der Waals surface area contributed by atoms with Crippen LogP contribution in [0.4, 0.5) is 5.69 Å². The molecule has 20 heavy (non-hydrogen) atoms. The predicted octanol–water partition coefficient (Wildman–Crippen LogP) is 1.56. The largest absolute Gasteiger partial charge is 0.478 e. The van der Waals surface area contributed by atoms with E-state index in [0.717, 1.165) is 18.2 Å². The summed E-state index contributed by atoms with van der Waals surface area (Å²) < 4.78 is 9.98. The Kier molecular flexibility index (Phi) is 3.60. The number of nitrogens with zero attached hydrogens (tertiary/aromatic N) is 3. The van der Waals surface area contributed by atoms with Gasteiger partial charge in [-0.05, 0) is 13.0 Å². The Morgan fingerprint density at radius 1 is 1.55 bits per heavy atom. The number of aryl methyl sites for hydroxylation is 1. The van der Waals surface area contributed by atoms with Crippen molar-refractivity contribution >= 4 is 11.7 Å². The minimum atomic E-state index is -1.21. The molecule has 0 unspecified atom stereocenters. The zero-order chi connectivity index (χ0) is 14.7. The molecule has 0 aliphatic heterocycles. The number of nitro groups is 1. The van der Waals surface area contributed by atoms with Crippen molar-refractivity contribution < 1.29 is 24.1 Å². The monoisotopic (exact) mass is 279 g/mol. The summed E-state index contributed by atoms with van der Waals surface area (Å²) in [6.07, 6.45) is 0. The van der Waals surface area contributed by atoms with Crippen LogP contribution in [0.5, 0.6) is 5.75 Å². The first-order chi connectivity index (χ1) is 9.47. The standard InChI is InChI=1S/C11H9N3O6/c1-6-12-10(20-13-6)5-19-9-4-7(11(15)16)2-3-8(9)14(17)18/h2-4H,5H2,1H3,(H,15,16). The van der Waals surface area contributed by atoms with E-state index in [1.165, 1.54) is 0 Å². The summed E-state index contributed by atoms with van der Waals surface area (Å²) in [7, 11) is 0. The van der Waals surface area contributed by atoms with Crippen molar-refractivity contribution in [1.29, 1.82) is 0 Å². The molecule has 0 amide bonds. The van der Waals surface area contributed by atoms with Gasteiger partial charge in [0.05, 0.1) is 10.5 Å². The number of ether oxygens (including phenoxy) is 1. The number of carbonyl (C=O) groups is 1. The zero-order valence-corrected chi connectivity index (χ0v) is 10.3. The summed E-state index contributed by atoms with van der Waals surface area (Å²) in [5, 5.41) is 23.2. The van der Waals surface area contributed by atoms with Crippen molar-refractivity contribution in [2.24, 2.45) is 0 Å². The Morgan fingerprint density at radius 3 is 2.85 bits per heavy atom. The summed E-state index contributed by atoms with van der Waals surface area (Å²) in [5.41, 5.74) is -0.460. The summed E-state index contributed by atoms with van der Waals surface area (Å²) in [4.78, 5) is 24.9. The molecule has 0 radical (unpaired) electrons. The van der Waals surface area contributed by atoms with E-state index in [9.17, 15) is 14.9 Å². The molecule has 1 aromatic heterocycles. The summed E-state index contributed by atoms with van der Waals surface area (Å²) in [5.74, 6) is -0.848. The fourth-order valence-electron chi connectivity index (χ4n) is 1.45. The number of aromatic nitrogens is 2. The third-order valence-electron chi connectivity index (χ3n) is 2.32. The van der Waals surface area contributed by atoms with Crippen LogP contribution in [-0.4, -0.2) is 26.1 Å². The highest BCUT2D eigenvalue weighted by Crippen LogP contribution is 2.28. The smallest absolute Gasteiger partial charge is 0.335 e. The molecule has 1 heterocycles. The number of aromatic carboxylic acids is 1. The molecule has 2 aromatic rings. The van der Waals surface area contributed by atoms with E-state index in [1.54, 1.807) is 6.92 Å². The summed E-state index contributed by atoms with van der Waals surface area (Å²) >= 11 is 0. The number of nitro benzene ring substituents is 1. The Hall–Kier alpha value is -2.97. The lowest BCUT2D eigenvalue weighted by Gasteiger charge is -2.05. The highest BCUT2D eigenvalue weighted by atomic mass is 16.6. The van der Waals surface area contributed by atoms with Gasteiger partial charge in [0.15, 0.2) is 18.2 Å². The van der Waals surface area contributed by atoms with E-state index in [4.69, 9.17) is 14.4 Å². The molecular formula is C11H9N3O6. The Bertz CT molecular complexity index is 666. The topological polar surface area (TPSA) is 129 Å². The molecule has 0 aliphatic carbocycles. The number of benzene rings is 1. The lowest BCUT2D eigenvalue weighted by atomic mass is 10.2. The van der Waals surface area contributed by atoms with E-state index in [-0.39, 0.29) is 29.5 Å². The van der Waals surface area contributed by atoms with Gasteiger partial charge >= 0.3 is 11.7 Å². The number of rotatable bonds is 5. The van der Waals surface area contributed by atoms with Crippen molar-refractivity contribution in [3.8, 4) is 5.75 Å². The van der Waals surface area contributed by atoms with Crippen LogP contribution < -0.4 is 4.74 Å². The van der Waals surface area contributed by atoms with Gasteiger partial charge in [0.25, 0.3) is 5.89 Å². The first-order valence-electron chi connectivity index (χ1n) is 5.41. The molecule has 104 valence electrons. The van der Waals surface area contributed by atoms with Crippen LogP contribution in [0, 0.1) is 17.0 Å². The molecule has 0 saturated heterocycles. The van der Waals surface area contributed by atoms with E-state index < -0.39 is 10.9 Å². The van der Waals surface area contributed by atoms with Gasteiger partial charge < -0.3 is 14.4 Å². The molecule has 9 heteroatoms. The van der Waals surface area contributed by atoms with Crippen LogP contribution in [0.25, 0.3) is 0 Å². The van der Waals surface area contributed by atoms with Gasteiger partial charge in [-0.1, -0.05) is 5.16 Å². The molecule has 1 aromatic carbocycles. The van der Waals surface area contributed by atoms with E-state index in [1.807, 2.05) is 0 Å². The Labute approximate surface area is 111 Å². The number of carboxylic acid groups (broad SMARTS) is 1. The highest BCUT2D eigenvalue weighted by Gasteiger charge is 2.18. The van der Waals surface area contributed by atoms with Crippen LogP contribution in [0.2, 0.25) is 0 Å². The second-order valence-electron chi connectivity index (χ2n) is 3.77. The Morgan fingerprint density at radius 2 is 2.30 bits per heavy atom. The zero-order valence-electron chi connectivity index (χ0n) is 10.3. The van der Waals surface area contributed by atoms with Gasteiger partial charge in [-0.2, -0.15) is 4.98 Å². The fourth-order valence-corrected chi connectivity index (χ4v) is 1.45. The molecular weight excluding hydrogens is 270 g/mol. The van der Waals surface area contributed by atoms with Gasteiger partial charge in [0.1, 0.15) is 0 Å². The molecule has 0 bridgehead atoms. The van der Waals surface area contributed by atoms with Gasteiger partial charge in [-0.3, -0.25) is 10.1 Å². The van der Waals surface area contributed by atoms with Crippen LogP contribution in [0.3, 0.4) is 0 Å². The third kappa shape index (κ3) is 2.88. The first kappa shape index (κ1) is 13.5. The predicted molar refractivity (Wildman–Crippen MR) is 63.4 cm³/mol. The van der Waals surface area contributed by atoms with E-state index in [2.05, 4.69) is 10.1 Å². The second kappa shape index (κ2) is 5.34. The molecule has 0 aliphatic rings. The normalized spacial score (nSPS) is 10.2. The molecule has 0 saturated carbocycles. The van der Waals surface area contributed by atoms with Crippen molar-refractivity contribution in [3.63, 3.8) is 0 Å². The maximum absolute atomic E-state index is 10.8. The quantitative estimate of drug-likeness (QED) is 0.644. The molecule has 0 fully saturated rings. The second-order valence-corrected chi connectivity index (χ2v) is 3.77. The molecule has 0 atom stereocenters. The fraction of sp³-hybridized carbons (Fsp3) is 0.182. The number of hydrogen-bond acceptors (Lipinski definition) is 7. The summed E-state index contributed by atoms with van der Waals surface area (Å²) in [6.45, 7) is 1.42.